The van der Waals surface area contributed by atoms with Crippen LogP contribution in [0.5, 0.6) is 0 Å². The maximum Gasteiger partial charge on any atom is 0.311 e. The maximum atomic E-state index is 15.0. The Morgan fingerprint density at radius 1 is 0.588 bits per heavy atom. The molecule has 0 aliphatic carbocycles. The van der Waals surface area contributed by atoms with Gasteiger partial charge in [-0.2, -0.15) is 0 Å². The summed E-state index contributed by atoms with van der Waals surface area (Å²) >= 11 is 2.78. The molecule has 0 unspecified atom stereocenters. The number of fused-ring (bicyclic) bond motifs is 3. The summed E-state index contributed by atoms with van der Waals surface area (Å²) < 4.78 is 6.13. The first-order valence-corrected chi connectivity index (χ1v) is 29.9. The van der Waals surface area contributed by atoms with Crippen LogP contribution in [-0.4, -0.2) is 177 Å². The number of amides is 7. The van der Waals surface area contributed by atoms with E-state index in [2.05, 4.69) is 16.0 Å². The van der Waals surface area contributed by atoms with Crippen molar-refractivity contribution in [3.63, 3.8) is 0 Å². The molecule has 4 heterocycles. The van der Waals surface area contributed by atoms with Gasteiger partial charge in [0.05, 0.1) is 28.1 Å². The van der Waals surface area contributed by atoms with Crippen LogP contribution in [0, 0.1) is 17.8 Å². The topological polar surface area (TPSA) is 220 Å². The zero-order chi connectivity index (χ0) is 57.9. The van der Waals surface area contributed by atoms with Crippen LogP contribution in [0.1, 0.15) is 84.4 Å². The lowest BCUT2D eigenvalue weighted by atomic mass is 9.98. The first-order chi connectivity index (χ1) is 38.2. The second kappa shape index (κ2) is 27.8. The highest BCUT2D eigenvalue weighted by molar-refractivity contribution is 8.14. The molecule has 18 nitrogen and oxygen atoms in total. The van der Waals surface area contributed by atoms with Crippen molar-refractivity contribution in [3.8, 4) is 0 Å². The van der Waals surface area contributed by atoms with Crippen molar-refractivity contribution in [2.24, 2.45) is 27.7 Å². The molecule has 20 heteroatoms. The molecule has 3 aromatic carbocycles. The van der Waals surface area contributed by atoms with Crippen LogP contribution in [0.2, 0.25) is 0 Å². The molecule has 0 saturated carbocycles. The Bertz CT molecular complexity index is 2770. The van der Waals surface area contributed by atoms with Gasteiger partial charge in [0.25, 0.3) is 5.91 Å². The lowest BCUT2D eigenvalue weighted by Crippen LogP contribution is -2.59. The second-order valence-electron chi connectivity index (χ2n) is 22.1. The number of likely N-dealkylation sites (N-methyl/N-ethyl adjacent to an activating group) is 3. The Balaban J connectivity index is 1.25. The first-order valence-electron chi connectivity index (χ1n) is 27.9. The number of esters is 1. The highest BCUT2D eigenvalue weighted by Crippen LogP contribution is 2.31. The van der Waals surface area contributed by atoms with Gasteiger partial charge in [-0.15, -0.1) is 23.5 Å². The van der Waals surface area contributed by atoms with Crippen LogP contribution in [-0.2, 0) is 62.4 Å². The number of nitrogens with one attached hydrogen (secondary N) is 3. The number of hydrogen-bond acceptors (Lipinski definition) is 13. The van der Waals surface area contributed by atoms with Crippen LogP contribution >= 0.6 is 23.5 Å². The SMILES string of the molecule is CC[C@H]1NC(=O)[C@@H]2CSC(=N2)[C@@H](Cc2ccccc2)N(C)C(=O)[C@@H]2CCCN2C(=O)[C@H](C(C)C)N(C)C(=O)[C@H](Cc2ccccc2)OC(=O)[C@H](C)[C@@H](C)NC(=O)[C@@H](C(C)C)NC(=O)[C@@H](Cc2ccccc2)N(C)C(=O)[C@@H]2CSC1=N2. The molecule has 80 heavy (non-hydrogen) atoms. The molecule has 1 fully saturated rings. The van der Waals surface area contributed by atoms with Gasteiger partial charge in [-0.05, 0) is 68.1 Å². The van der Waals surface area contributed by atoms with E-state index in [1.54, 1.807) is 51.6 Å². The quantitative estimate of drug-likeness (QED) is 0.243. The number of aliphatic imine (C=N–C) groups is 2. The summed E-state index contributed by atoms with van der Waals surface area (Å²) in [6.07, 6.45) is 0.540. The summed E-state index contributed by atoms with van der Waals surface area (Å²) in [6, 6.07) is 20.4. The van der Waals surface area contributed by atoms with Crippen molar-refractivity contribution in [2.45, 2.75) is 147 Å². The fourth-order valence-electron chi connectivity index (χ4n) is 10.7. The average Bonchev–Trinajstić information content (AvgIpc) is 4.27. The Hall–Kier alpha value is -6.54. The number of rotatable bonds is 9. The van der Waals surface area contributed by atoms with Crippen molar-refractivity contribution < 1.29 is 43.1 Å². The van der Waals surface area contributed by atoms with E-state index in [0.29, 0.717) is 47.1 Å². The summed E-state index contributed by atoms with van der Waals surface area (Å²) in [5, 5.41) is 10.2. The molecule has 430 valence electrons. The third-order valence-corrected chi connectivity index (χ3v) is 18.0. The van der Waals surface area contributed by atoms with Crippen LogP contribution in [0.3, 0.4) is 0 Å². The number of nitrogens with zero attached hydrogens (tertiary/aromatic N) is 6. The minimum atomic E-state index is -1.38. The molecule has 3 N–H and O–H groups in total. The fraction of sp³-hybridized carbons (Fsp3) is 0.533. The van der Waals surface area contributed by atoms with E-state index in [9.17, 15) is 33.6 Å². The van der Waals surface area contributed by atoms with Crippen molar-refractivity contribution in [1.29, 1.82) is 0 Å². The Morgan fingerprint density at radius 2 is 1.12 bits per heavy atom. The standard InChI is InChI=1S/C60H79N9O9S2/c1-11-42-54-64-44(34-79-54)56(73)66(8)46(30-39-22-15-12-16-23-39)52(71)65-49(35(2)3)53(72)61-38(7)37(6)60(77)78-48(32-41-26-19-14-20-27-41)58(75)68(10)50(36(4)5)59(76)69-29-21-28-45(69)57(74)67(9)47(31-40-24-17-13-18-25-40)55-63-43(33-80-55)51(70)62-42/h12-20,22-27,35-38,42-50H,11,21,28-34H2,1-10H3,(H,61,72)(H,62,70)(H,65,71)/t37-,38-,42-,43+,44+,45+,46-,47-,48+,49-,50+/m1/s1. The lowest BCUT2D eigenvalue weighted by Gasteiger charge is -2.38. The Labute approximate surface area is 479 Å². The molecular weight excluding hydrogens is 1050 g/mol. The van der Waals surface area contributed by atoms with Crippen molar-refractivity contribution in [2.75, 3.05) is 39.2 Å². The molecule has 3 aromatic rings. The van der Waals surface area contributed by atoms with Gasteiger partial charge >= 0.3 is 5.97 Å². The number of carbonyl (C=O) groups excluding carboxylic acids is 8. The van der Waals surface area contributed by atoms with Gasteiger partial charge in [0, 0.05) is 58.1 Å². The third-order valence-electron chi connectivity index (χ3n) is 15.7. The predicted molar refractivity (Wildman–Crippen MR) is 313 cm³/mol. The highest BCUT2D eigenvalue weighted by atomic mass is 32.2. The summed E-state index contributed by atoms with van der Waals surface area (Å²) in [7, 11) is 4.78. The molecule has 11 atom stereocenters. The van der Waals surface area contributed by atoms with E-state index >= 15 is 4.79 Å². The van der Waals surface area contributed by atoms with Crippen molar-refractivity contribution >= 4 is 80.9 Å². The van der Waals surface area contributed by atoms with E-state index in [1.165, 1.54) is 40.4 Å². The van der Waals surface area contributed by atoms with Crippen LogP contribution < -0.4 is 16.0 Å². The van der Waals surface area contributed by atoms with Crippen LogP contribution in [0.4, 0.5) is 0 Å². The average molecular weight is 1130 g/mol. The third kappa shape index (κ3) is 14.7. The van der Waals surface area contributed by atoms with Crippen LogP contribution in [0.15, 0.2) is 101 Å². The van der Waals surface area contributed by atoms with Gasteiger partial charge in [-0.3, -0.25) is 48.3 Å². The molecule has 4 aliphatic heterocycles. The highest BCUT2D eigenvalue weighted by Gasteiger charge is 2.46. The molecule has 0 spiro atoms. The number of carbonyl (C=O) groups is 8. The van der Waals surface area contributed by atoms with Crippen molar-refractivity contribution in [1.82, 2.24) is 35.6 Å². The number of cyclic esters (lactones) is 1. The van der Waals surface area contributed by atoms with Gasteiger partial charge in [-0.1, -0.05) is 126 Å². The van der Waals surface area contributed by atoms with Gasteiger partial charge < -0.3 is 40.3 Å². The molecule has 4 bridgehead atoms. The van der Waals surface area contributed by atoms with E-state index in [4.69, 9.17) is 14.7 Å². The van der Waals surface area contributed by atoms with Gasteiger partial charge in [0.1, 0.15) is 36.3 Å². The lowest BCUT2D eigenvalue weighted by molar-refractivity contribution is -0.166. The fourth-order valence-corrected chi connectivity index (χ4v) is 13.0. The van der Waals surface area contributed by atoms with E-state index in [-0.39, 0.29) is 37.0 Å². The molecule has 4 aliphatic rings. The smallest absolute Gasteiger partial charge is 0.311 e. The minimum absolute atomic E-state index is 0.0140. The number of hydrogen-bond donors (Lipinski definition) is 3. The normalized spacial score (nSPS) is 28.5. The maximum absolute atomic E-state index is 15.0. The van der Waals surface area contributed by atoms with E-state index in [0.717, 1.165) is 11.1 Å². The van der Waals surface area contributed by atoms with Crippen LogP contribution in [0.25, 0.3) is 0 Å². The van der Waals surface area contributed by atoms with Crippen molar-refractivity contribution in [3.05, 3.63) is 108 Å². The zero-order valence-electron chi connectivity index (χ0n) is 47.7. The van der Waals surface area contributed by atoms with E-state index in [1.807, 2.05) is 112 Å². The van der Waals surface area contributed by atoms with Gasteiger partial charge in [-0.25, -0.2) is 0 Å². The van der Waals surface area contributed by atoms with E-state index < -0.39 is 114 Å². The second-order valence-corrected chi connectivity index (χ2v) is 24.2. The summed E-state index contributed by atoms with van der Waals surface area (Å²) in [6.45, 7) is 12.6. The summed E-state index contributed by atoms with van der Waals surface area (Å²) in [4.78, 5) is 133. The Morgan fingerprint density at radius 3 is 1.70 bits per heavy atom. The summed E-state index contributed by atoms with van der Waals surface area (Å²) in [5.41, 5.74) is 2.44. The monoisotopic (exact) mass is 1130 g/mol. The molecule has 7 rings (SSSR count). The molecule has 0 radical (unpaired) electrons. The number of thioether (sulfide) groups is 2. The number of ether oxygens (including phenoxy) is 1. The van der Waals surface area contributed by atoms with Gasteiger partial charge in [0.2, 0.25) is 35.4 Å². The molecular formula is C60H79N9O9S2. The number of benzene rings is 3. The first kappa shape index (κ1) is 61.1. The molecule has 1 saturated heterocycles. The Kier molecular flexibility index (Phi) is 21.2. The minimum Gasteiger partial charge on any atom is -0.452 e. The van der Waals surface area contributed by atoms with Gasteiger partial charge in [0.15, 0.2) is 6.10 Å². The zero-order valence-corrected chi connectivity index (χ0v) is 49.3. The predicted octanol–water partition coefficient (Wildman–Crippen LogP) is 4.97. The molecule has 0 aromatic heterocycles. The molecule has 7 amide bonds. The summed E-state index contributed by atoms with van der Waals surface area (Å²) in [5.74, 6) is -5.21. The largest absolute Gasteiger partial charge is 0.452 e.